The first-order chi connectivity index (χ1) is 7.69. The zero-order valence-corrected chi connectivity index (χ0v) is 9.62. The van der Waals surface area contributed by atoms with Gasteiger partial charge < -0.3 is 4.74 Å². The Kier molecular flexibility index (Phi) is 4.74. The van der Waals surface area contributed by atoms with Gasteiger partial charge in [-0.25, -0.2) is 4.98 Å². The number of aromatic nitrogens is 1. The minimum atomic E-state index is -0.300. The van der Waals surface area contributed by atoms with Crippen molar-refractivity contribution in [3.05, 3.63) is 28.5 Å². The van der Waals surface area contributed by atoms with E-state index >= 15 is 0 Å². The smallest absolute Gasteiger partial charge is 0.306 e. The van der Waals surface area contributed by atoms with E-state index in [1.807, 2.05) is 6.07 Å². The maximum atomic E-state index is 11.2. The fraction of sp³-hybridized carbons (Fsp3) is 0.364. The van der Waals surface area contributed by atoms with Crippen molar-refractivity contribution in [1.29, 1.82) is 5.26 Å². The first-order valence-corrected chi connectivity index (χ1v) is 5.26. The molecule has 0 bridgehead atoms. The number of carbonyl (C=O) groups is 1. The summed E-state index contributed by atoms with van der Waals surface area (Å²) in [4.78, 5) is 15.0. The number of rotatable bonds is 4. The third kappa shape index (κ3) is 3.21. The maximum Gasteiger partial charge on any atom is 0.306 e. The topological polar surface area (TPSA) is 63.0 Å². The van der Waals surface area contributed by atoms with Crippen molar-refractivity contribution in [2.75, 3.05) is 6.61 Å². The highest BCUT2D eigenvalue weighted by Gasteiger charge is 2.10. The zero-order chi connectivity index (χ0) is 12.0. The van der Waals surface area contributed by atoms with Crippen LogP contribution in [0.1, 0.15) is 24.6 Å². The molecular weight excluding hydrogens is 228 g/mol. The van der Waals surface area contributed by atoms with Gasteiger partial charge in [0.15, 0.2) is 0 Å². The molecule has 0 saturated heterocycles. The molecule has 0 fully saturated rings. The minimum absolute atomic E-state index is 0.202. The van der Waals surface area contributed by atoms with Crippen LogP contribution in [0.15, 0.2) is 12.3 Å². The average molecular weight is 239 g/mol. The Labute approximate surface area is 98.8 Å². The van der Waals surface area contributed by atoms with Crippen LogP contribution in [0, 0.1) is 11.3 Å². The molecule has 0 atom stereocenters. The van der Waals surface area contributed by atoms with Crippen molar-refractivity contribution in [2.45, 2.75) is 19.8 Å². The Bertz CT molecular complexity index is 426. The summed E-state index contributed by atoms with van der Waals surface area (Å²) in [5.74, 6) is -0.300. The van der Waals surface area contributed by atoms with Crippen LogP contribution in [0.2, 0.25) is 5.02 Å². The van der Waals surface area contributed by atoms with Gasteiger partial charge in [-0.15, -0.1) is 0 Å². The fourth-order valence-electron chi connectivity index (χ4n) is 1.26. The van der Waals surface area contributed by atoms with E-state index in [-0.39, 0.29) is 18.1 Å². The number of nitriles is 1. The molecule has 0 saturated carbocycles. The Balaban J connectivity index is 2.74. The molecule has 0 aromatic carbocycles. The molecule has 1 aromatic rings. The maximum absolute atomic E-state index is 11.2. The molecule has 0 radical (unpaired) electrons. The summed E-state index contributed by atoms with van der Waals surface area (Å²) in [6.45, 7) is 2.10. The van der Waals surface area contributed by atoms with Crippen molar-refractivity contribution in [2.24, 2.45) is 0 Å². The molecule has 0 aliphatic heterocycles. The molecule has 0 spiro atoms. The molecule has 0 aliphatic carbocycles. The first-order valence-electron chi connectivity index (χ1n) is 4.88. The normalized spacial score (nSPS) is 9.56. The molecule has 4 nitrogen and oxygen atoms in total. The van der Waals surface area contributed by atoms with Crippen LogP contribution in [0.4, 0.5) is 0 Å². The van der Waals surface area contributed by atoms with Crippen molar-refractivity contribution < 1.29 is 9.53 Å². The van der Waals surface area contributed by atoms with E-state index in [1.165, 1.54) is 6.20 Å². The predicted octanol–water partition coefficient (Wildman–Crippen LogP) is 2.10. The number of hydrogen-bond acceptors (Lipinski definition) is 4. The summed E-state index contributed by atoms with van der Waals surface area (Å²) in [6.07, 6.45) is 2.04. The average Bonchev–Trinajstić information content (AvgIpc) is 2.27. The highest BCUT2D eigenvalue weighted by Crippen LogP contribution is 2.19. The highest BCUT2D eigenvalue weighted by molar-refractivity contribution is 6.31. The Hall–Kier alpha value is -1.60. The van der Waals surface area contributed by atoms with Gasteiger partial charge in [-0.2, -0.15) is 5.26 Å². The molecule has 0 N–H and O–H groups in total. The Morgan fingerprint density at radius 2 is 2.44 bits per heavy atom. The van der Waals surface area contributed by atoms with Crippen LogP contribution < -0.4 is 0 Å². The van der Waals surface area contributed by atoms with E-state index in [0.717, 1.165) is 0 Å². The lowest BCUT2D eigenvalue weighted by Gasteiger charge is -2.05. The van der Waals surface area contributed by atoms with E-state index in [9.17, 15) is 4.79 Å². The van der Waals surface area contributed by atoms with Gasteiger partial charge in [0.1, 0.15) is 11.8 Å². The van der Waals surface area contributed by atoms with Crippen LogP contribution in [-0.4, -0.2) is 17.6 Å². The number of nitrogens with zero attached hydrogens (tertiary/aromatic N) is 2. The summed E-state index contributed by atoms with van der Waals surface area (Å²) in [5, 5.41) is 9.28. The van der Waals surface area contributed by atoms with Gasteiger partial charge in [-0.1, -0.05) is 11.6 Å². The van der Waals surface area contributed by atoms with Gasteiger partial charge >= 0.3 is 5.97 Å². The van der Waals surface area contributed by atoms with Crippen molar-refractivity contribution in [3.63, 3.8) is 0 Å². The van der Waals surface area contributed by atoms with Gasteiger partial charge in [0.2, 0.25) is 0 Å². The lowest BCUT2D eigenvalue weighted by atomic mass is 10.1. The summed E-state index contributed by atoms with van der Waals surface area (Å²) in [6, 6.07) is 3.54. The van der Waals surface area contributed by atoms with E-state index in [0.29, 0.717) is 23.6 Å². The molecule has 16 heavy (non-hydrogen) atoms. The molecule has 1 aromatic heterocycles. The van der Waals surface area contributed by atoms with Crippen molar-refractivity contribution in [1.82, 2.24) is 4.98 Å². The molecule has 1 heterocycles. The predicted molar refractivity (Wildman–Crippen MR) is 58.9 cm³/mol. The van der Waals surface area contributed by atoms with Gasteiger partial charge in [0.05, 0.1) is 6.61 Å². The zero-order valence-electron chi connectivity index (χ0n) is 8.86. The van der Waals surface area contributed by atoms with Crippen LogP contribution in [0.5, 0.6) is 0 Å². The summed E-state index contributed by atoms with van der Waals surface area (Å²) in [7, 11) is 0. The van der Waals surface area contributed by atoms with Crippen molar-refractivity contribution >= 4 is 17.6 Å². The standard InChI is InChI=1S/C11H11ClN2O2/c1-2-16-11(15)4-3-8-9(12)5-6-14-10(8)7-13/h5-6H,2-4H2,1H3. The second-order valence-electron chi connectivity index (χ2n) is 3.04. The quantitative estimate of drug-likeness (QED) is 0.754. The molecule has 0 unspecified atom stereocenters. The number of pyridine rings is 1. The molecule has 0 aliphatic rings. The number of ether oxygens (including phenoxy) is 1. The number of hydrogen-bond donors (Lipinski definition) is 0. The number of esters is 1. The molecule has 84 valence electrons. The SMILES string of the molecule is CCOC(=O)CCc1c(Cl)ccnc1C#N. The van der Waals surface area contributed by atoms with Crippen molar-refractivity contribution in [3.8, 4) is 6.07 Å². The monoisotopic (exact) mass is 238 g/mol. The van der Waals surface area contributed by atoms with Crippen LogP contribution in [0.25, 0.3) is 0 Å². The number of carbonyl (C=O) groups excluding carboxylic acids is 1. The lowest BCUT2D eigenvalue weighted by Crippen LogP contribution is -2.06. The summed E-state index contributed by atoms with van der Waals surface area (Å²) < 4.78 is 4.79. The summed E-state index contributed by atoms with van der Waals surface area (Å²) in [5.41, 5.74) is 0.858. The molecule has 5 heteroatoms. The number of halogens is 1. The van der Waals surface area contributed by atoms with E-state index in [2.05, 4.69) is 4.98 Å². The van der Waals surface area contributed by atoms with E-state index < -0.39 is 0 Å². The van der Waals surface area contributed by atoms with Gasteiger partial charge in [-0.3, -0.25) is 4.79 Å². The third-order valence-corrected chi connectivity index (χ3v) is 2.34. The molecular formula is C11H11ClN2O2. The first kappa shape index (κ1) is 12.5. The van der Waals surface area contributed by atoms with Crippen LogP contribution in [-0.2, 0) is 16.0 Å². The lowest BCUT2D eigenvalue weighted by molar-refractivity contribution is -0.143. The molecule has 1 rings (SSSR count). The summed E-state index contributed by atoms with van der Waals surface area (Å²) >= 11 is 5.93. The Morgan fingerprint density at radius 3 is 3.06 bits per heavy atom. The van der Waals surface area contributed by atoms with Crippen LogP contribution in [0.3, 0.4) is 0 Å². The third-order valence-electron chi connectivity index (χ3n) is 1.99. The molecule has 0 amide bonds. The fourth-order valence-corrected chi connectivity index (χ4v) is 1.50. The second-order valence-corrected chi connectivity index (χ2v) is 3.44. The van der Waals surface area contributed by atoms with Gasteiger partial charge in [-0.05, 0) is 19.4 Å². The van der Waals surface area contributed by atoms with Gasteiger partial charge in [0.25, 0.3) is 0 Å². The van der Waals surface area contributed by atoms with Gasteiger partial charge in [0, 0.05) is 23.2 Å². The largest absolute Gasteiger partial charge is 0.466 e. The minimum Gasteiger partial charge on any atom is -0.466 e. The van der Waals surface area contributed by atoms with E-state index in [1.54, 1.807) is 13.0 Å². The highest BCUT2D eigenvalue weighted by atomic mass is 35.5. The van der Waals surface area contributed by atoms with E-state index in [4.69, 9.17) is 21.6 Å². The second kappa shape index (κ2) is 6.09. The van der Waals surface area contributed by atoms with Crippen LogP contribution >= 0.6 is 11.6 Å². The Morgan fingerprint density at radius 1 is 1.69 bits per heavy atom.